The number of aryl methyl sites for hydroxylation is 2. The third kappa shape index (κ3) is 4.62. The summed E-state index contributed by atoms with van der Waals surface area (Å²) in [6.07, 6.45) is 5.23. The summed E-state index contributed by atoms with van der Waals surface area (Å²) in [5, 5.41) is 3.86. The molecular weight excluding hydrogens is 352 g/mol. The number of methoxy groups -OCH3 is 1. The van der Waals surface area contributed by atoms with E-state index in [0.717, 1.165) is 35.1 Å². The number of nitrogens with zero attached hydrogens (tertiary/aromatic N) is 2. The molecule has 0 atom stereocenters. The van der Waals surface area contributed by atoms with Gasteiger partial charge in [0.05, 0.1) is 7.11 Å². The molecule has 0 fully saturated rings. The summed E-state index contributed by atoms with van der Waals surface area (Å²) in [5.41, 5.74) is 5.36. The number of hydrogen-bond donors (Lipinski definition) is 0. The number of ether oxygens (including phenoxy) is 1. The van der Waals surface area contributed by atoms with E-state index in [2.05, 4.69) is 34.4 Å². The van der Waals surface area contributed by atoms with Crippen molar-refractivity contribution in [2.75, 3.05) is 14.2 Å². The average Bonchev–Trinajstić information content (AvgIpc) is 2.77. The highest BCUT2D eigenvalue weighted by Gasteiger charge is 2.18. The summed E-state index contributed by atoms with van der Waals surface area (Å²) in [7, 11) is 2.75. The second-order valence-corrected chi connectivity index (χ2v) is 6.21. The molecule has 1 aromatic heterocycles. The Hall–Kier alpha value is -3.47. The van der Waals surface area contributed by atoms with Crippen LogP contribution in [0.4, 0.5) is 0 Å². The van der Waals surface area contributed by atoms with Crippen LogP contribution < -0.4 is 0 Å². The van der Waals surface area contributed by atoms with E-state index in [1.54, 1.807) is 6.20 Å². The van der Waals surface area contributed by atoms with Gasteiger partial charge >= 0.3 is 5.97 Å². The van der Waals surface area contributed by atoms with E-state index in [0.29, 0.717) is 0 Å². The van der Waals surface area contributed by atoms with Gasteiger partial charge in [0.1, 0.15) is 7.11 Å². The van der Waals surface area contributed by atoms with Gasteiger partial charge in [-0.05, 0) is 41.2 Å². The smallest absolute Gasteiger partial charge is 0.360 e. The molecule has 0 saturated carbocycles. The Morgan fingerprint density at radius 2 is 1.71 bits per heavy atom. The summed E-state index contributed by atoms with van der Waals surface area (Å²) in [6, 6.07) is 20.1. The molecule has 5 nitrogen and oxygen atoms in total. The van der Waals surface area contributed by atoms with Crippen molar-refractivity contribution in [1.29, 1.82) is 0 Å². The number of rotatable bonds is 7. The molecule has 5 heteroatoms. The minimum absolute atomic E-state index is 0.174. The van der Waals surface area contributed by atoms with Crippen LogP contribution in [0.3, 0.4) is 0 Å². The maximum atomic E-state index is 12.1. The van der Waals surface area contributed by atoms with E-state index in [-0.39, 0.29) is 5.71 Å². The number of aromatic nitrogens is 1. The molecule has 0 N–H and O–H groups in total. The standard InChI is InChI=1S/C23H22N2O3/c1-27-23(26)22(25-28-2)21-8-4-3-6-19(21)14-11-17-9-12-18(13-10-17)20-7-5-15-24-16-20/h3-10,12-13,15-16H,11,14H2,1-2H3/b25-22-. The van der Waals surface area contributed by atoms with Gasteiger partial charge in [-0.25, -0.2) is 4.79 Å². The lowest BCUT2D eigenvalue weighted by molar-refractivity contribution is -0.132. The zero-order valence-corrected chi connectivity index (χ0v) is 16.0. The molecule has 0 saturated heterocycles. The quantitative estimate of drug-likeness (QED) is 0.355. The van der Waals surface area contributed by atoms with Crippen molar-refractivity contribution in [2.45, 2.75) is 12.8 Å². The topological polar surface area (TPSA) is 60.8 Å². The highest BCUT2D eigenvalue weighted by Crippen LogP contribution is 2.20. The third-order valence-corrected chi connectivity index (χ3v) is 4.47. The number of carbonyl (C=O) groups excluding carboxylic acids is 1. The Morgan fingerprint density at radius 1 is 0.929 bits per heavy atom. The van der Waals surface area contributed by atoms with Crippen LogP contribution in [0.5, 0.6) is 0 Å². The Morgan fingerprint density at radius 3 is 2.39 bits per heavy atom. The molecule has 3 aromatic rings. The molecule has 142 valence electrons. The molecule has 0 aliphatic rings. The molecule has 0 bridgehead atoms. The van der Waals surface area contributed by atoms with Gasteiger partial charge in [-0.15, -0.1) is 0 Å². The lowest BCUT2D eigenvalue weighted by Gasteiger charge is -2.11. The SMILES string of the molecule is CO/N=C(\C(=O)OC)c1ccccc1CCc1ccc(-c2cccnc2)cc1. The van der Waals surface area contributed by atoms with Crippen LogP contribution in [0.25, 0.3) is 11.1 Å². The Bertz CT molecular complexity index is 951. The molecule has 0 aliphatic carbocycles. The molecule has 0 aliphatic heterocycles. The molecule has 1 heterocycles. The van der Waals surface area contributed by atoms with Crippen LogP contribution in [0.15, 0.2) is 78.2 Å². The van der Waals surface area contributed by atoms with Gasteiger partial charge in [0, 0.05) is 18.0 Å². The van der Waals surface area contributed by atoms with Crippen LogP contribution in [0.2, 0.25) is 0 Å². The molecule has 2 aromatic carbocycles. The number of pyridine rings is 1. The van der Waals surface area contributed by atoms with Crippen LogP contribution in [-0.2, 0) is 27.2 Å². The van der Waals surface area contributed by atoms with Crippen LogP contribution in [0, 0.1) is 0 Å². The summed E-state index contributed by atoms with van der Waals surface area (Å²) in [6.45, 7) is 0. The molecule has 0 radical (unpaired) electrons. The fourth-order valence-corrected chi connectivity index (χ4v) is 3.03. The summed E-state index contributed by atoms with van der Waals surface area (Å²) >= 11 is 0. The maximum absolute atomic E-state index is 12.1. The molecule has 3 rings (SSSR count). The first-order chi connectivity index (χ1) is 13.7. The van der Waals surface area contributed by atoms with Gasteiger partial charge in [-0.2, -0.15) is 0 Å². The molecule has 0 unspecified atom stereocenters. The predicted molar refractivity (Wildman–Crippen MR) is 109 cm³/mol. The summed E-state index contributed by atoms with van der Waals surface area (Å²) in [4.78, 5) is 21.1. The monoisotopic (exact) mass is 374 g/mol. The molecule has 0 amide bonds. The number of esters is 1. The predicted octanol–water partition coefficient (Wildman–Crippen LogP) is 4.06. The molecular formula is C23H22N2O3. The van der Waals surface area contributed by atoms with E-state index in [1.165, 1.54) is 19.8 Å². The number of oxime groups is 1. The van der Waals surface area contributed by atoms with Crippen molar-refractivity contribution in [3.8, 4) is 11.1 Å². The maximum Gasteiger partial charge on any atom is 0.360 e. The van der Waals surface area contributed by atoms with Gasteiger partial charge in [0.15, 0.2) is 5.71 Å². The highest BCUT2D eigenvalue weighted by atomic mass is 16.6. The number of benzene rings is 2. The first-order valence-corrected chi connectivity index (χ1v) is 9.00. The number of carbonyl (C=O) groups is 1. The van der Waals surface area contributed by atoms with E-state index in [9.17, 15) is 4.79 Å². The van der Waals surface area contributed by atoms with Crippen molar-refractivity contribution < 1.29 is 14.4 Å². The van der Waals surface area contributed by atoms with Crippen molar-refractivity contribution in [3.63, 3.8) is 0 Å². The minimum Gasteiger partial charge on any atom is -0.464 e. The van der Waals surface area contributed by atoms with E-state index >= 15 is 0 Å². The lowest BCUT2D eigenvalue weighted by Crippen LogP contribution is -2.19. The van der Waals surface area contributed by atoms with Gasteiger partial charge in [-0.1, -0.05) is 59.8 Å². The first kappa shape index (κ1) is 19.3. The Kier molecular flexibility index (Phi) is 6.52. The highest BCUT2D eigenvalue weighted by molar-refractivity contribution is 6.43. The zero-order chi connectivity index (χ0) is 19.8. The largest absolute Gasteiger partial charge is 0.464 e. The zero-order valence-electron chi connectivity index (χ0n) is 16.0. The number of hydrogen-bond acceptors (Lipinski definition) is 5. The summed E-state index contributed by atoms with van der Waals surface area (Å²) in [5.74, 6) is -0.518. The van der Waals surface area contributed by atoms with Gasteiger partial charge in [0.25, 0.3) is 0 Å². The lowest BCUT2D eigenvalue weighted by atomic mass is 9.96. The normalized spacial score (nSPS) is 11.1. The van der Waals surface area contributed by atoms with E-state index < -0.39 is 5.97 Å². The van der Waals surface area contributed by atoms with Crippen LogP contribution in [0.1, 0.15) is 16.7 Å². The second kappa shape index (κ2) is 9.46. The second-order valence-electron chi connectivity index (χ2n) is 6.21. The fraction of sp³-hybridized carbons (Fsp3) is 0.174. The van der Waals surface area contributed by atoms with Crippen molar-refractivity contribution in [2.24, 2.45) is 5.16 Å². The first-order valence-electron chi connectivity index (χ1n) is 9.00. The van der Waals surface area contributed by atoms with E-state index in [1.807, 2.05) is 42.6 Å². The van der Waals surface area contributed by atoms with Crippen LogP contribution >= 0.6 is 0 Å². The molecule has 28 heavy (non-hydrogen) atoms. The van der Waals surface area contributed by atoms with Gasteiger partial charge in [-0.3, -0.25) is 4.98 Å². The Balaban J connectivity index is 1.76. The third-order valence-electron chi connectivity index (χ3n) is 4.47. The summed E-state index contributed by atoms with van der Waals surface area (Å²) < 4.78 is 4.84. The average molecular weight is 374 g/mol. The van der Waals surface area contributed by atoms with Crippen molar-refractivity contribution in [1.82, 2.24) is 4.98 Å². The van der Waals surface area contributed by atoms with Gasteiger partial charge in [0.2, 0.25) is 0 Å². The van der Waals surface area contributed by atoms with Crippen molar-refractivity contribution >= 4 is 11.7 Å². The molecule has 0 spiro atoms. The van der Waals surface area contributed by atoms with Crippen LogP contribution in [-0.4, -0.2) is 30.9 Å². The van der Waals surface area contributed by atoms with Crippen molar-refractivity contribution in [3.05, 3.63) is 89.7 Å². The van der Waals surface area contributed by atoms with E-state index in [4.69, 9.17) is 9.57 Å². The Labute approximate surface area is 164 Å². The minimum atomic E-state index is -0.518. The van der Waals surface area contributed by atoms with Gasteiger partial charge < -0.3 is 9.57 Å². The fourth-order valence-electron chi connectivity index (χ4n) is 3.03.